The predicted octanol–water partition coefficient (Wildman–Crippen LogP) is 3.71. The lowest BCUT2D eigenvalue weighted by molar-refractivity contribution is -0.144. The molecule has 0 unspecified atom stereocenters. The number of benzene rings is 1. The summed E-state index contributed by atoms with van der Waals surface area (Å²) in [6, 6.07) is 0.604. The number of alkyl halides is 6. The average molecular weight is 314 g/mol. The van der Waals surface area contributed by atoms with Gasteiger partial charge in [0.1, 0.15) is 0 Å². The first-order valence-electron chi connectivity index (χ1n) is 5.47. The van der Waals surface area contributed by atoms with Gasteiger partial charge in [-0.15, -0.1) is 0 Å². The van der Waals surface area contributed by atoms with E-state index in [1.165, 1.54) is 6.92 Å². The molecule has 0 bridgehead atoms. The monoisotopic (exact) mass is 314 g/mol. The molecule has 0 saturated carbocycles. The van der Waals surface area contributed by atoms with Crippen LogP contribution in [0.15, 0.2) is 12.1 Å². The van der Waals surface area contributed by atoms with Crippen molar-refractivity contribution in [1.29, 1.82) is 0 Å². The number of hydrogen-bond donors (Lipinski definition) is 0. The van der Waals surface area contributed by atoms with Gasteiger partial charge in [0.2, 0.25) is 0 Å². The van der Waals surface area contributed by atoms with E-state index in [2.05, 4.69) is 4.74 Å². The molecule has 0 radical (unpaired) electrons. The topological polar surface area (TPSA) is 43.4 Å². The Balaban J connectivity index is 3.80. The molecule has 0 amide bonds. The van der Waals surface area contributed by atoms with Gasteiger partial charge in [-0.1, -0.05) is 6.07 Å². The van der Waals surface area contributed by atoms with Crippen molar-refractivity contribution >= 4 is 12.3 Å². The molecule has 0 aliphatic heterocycles. The number of carbonyl (C=O) groups is 2. The zero-order chi connectivity index (χ0) is 16.4. The third kappa shape index (κ3) is 3.53. The number of esters is 1. The Morgan fingerprint density at radius 2 is 1.71 bits per heavy atom. The van der Waals surface area contributed by atoms with Crippen molar-refractivity contribution in [3.05, 3.63) is 34.4 Å². The largest absolute Gasteiger partial charge is 0.462 e. The fourth-order valence-corrected chi connectivity index (χ4v) is 1.67. The molecule has 0 aliphatic carbocycles. The maximum absolute atomic E-state index is 12.9. The molecule has 3 nitrogen and oxygen atoms in total. The van der Waals surface area contributed by atoms with Gasteiger partial charge in [0.25, 0.3) is 0 Å². The van der Waals surface area contributed by atoms with E-state index in [1.54, 1.807) is 0 Å². The minimum Gasteiger partial charge on any atom is -0.462 e. The summed E-state index contributed by atoms with van der Waals surface area (Å²) >= 11 is 0. The number of rotatable bonds is 3. The summed E-state index contributed by atoms with van der Waals surface area (Å²) in [6.45, 7) is 0.806. The van der Waals surface area contributed by atoms with Crippen LogP contribution in [0.2, 0.25) is 0 Å². The molecule has 9 heteroatoms. The highest BCUT2D eigenvalue weighted by molar-refractivity contribution is 5.96. The average Bonchev–Trinajstić information content (AvgIpc) is 2.35. The SMILES string of the molecule is CCOC(=O)c1c(C(F)(F)F)ccc(C=O)c1C(F)(F)F. The first-order valence-corrected chi connectivity index (χ1v) is 5.47. The zero-order valence-corrected chi connectivity index (χ0v) is 10.4. The van der Waals surface area contributed by atoms with E-state index < -0.39 is 47.2 Å². The molecule has 0 spiro atoms. The number of ether oxygens (including phenoxy) is 1. The van der Waals surface area contributed by atoms with E-state index in [0.717, 1.165) is 0 Å². The highest BCUT2D eigenvalue weighted by Gasteiger charge is 2.45. The highest BCUT2D eigenvalue weighted by Crippen LogP contribution is 2.41. The van der Waals surface area contributed by atoms with Crippen LogP contribution in [0.3, 0.4) is 0 Å². The molecular formula is C12H8F6O3. The molecule has 21 heavy (non-hydrogen) atoms. The van der Waals surface area contributed by atoms with Gasteiger partial charge in [-0.2, -0.15) is 26.3 Å². The number of aldehydes is 1. The molecule has 0 fully saturated rings. The lowest BCUT2D eigenvalue weighted by Crippen LogP contribution is -2.23. The van der Waals surface area contributed by atoms with Gasteiger partial charge in [-0.3, -0.25) is 4.79 Å². The molecule has 0 saturated heterocycles. The van der Waals surface area contributed by atoms with Crippen LogP contribution in [0.25, 0.3) is 0 Å². The summed E-state index contributed by atoms with van der Waals surface area (Å²) in [4.78, 5) is 22.1. The van der Waals surface area contributed by atoms with E-state index in [-0.39, 0.29) is 12.4 Å². The van der Waals surface area contributed by atoms with Gasteiger partial charge < -0.3 is 4.74 Å². The number of carbonyl (C=O) groups excluding carboxylic acids is 2. The van der Waals surface area contributed by atoms with Crippen molar-refractivity contribution in [3.63, 3.8) is 0 Å². The van der Waals surface area contributed by atoms with E-state index in [0.29, 0.717) is 6.07 Å². The van der Waals surface area contributed by atoms with Crippen LogP contribution in [0.1, 0.15) is 38.8 Å². The van der Waals surface area contributed by atoms with Crippen molar-refractivity contribution in [1.82, 2.24) is 0 Å². The normalized spacial score (nSPS) is 12.1. The Morgan fingerprint density at radius 3 is 2.10 bits per heavy atom. The zero-order valence-electron chi connectivity index (χ0n) is 10.4. The van der Waals surface area contributed by atoms with Crippen molar-refractivity contribution in [2.75, 3.05) is 6.61 Å². The Hall–Kier alpha value is -2.06. The van der Waals surface area contributed by atoms with Crippen LogP contribution < -0.4 is 0 Å². The van der Waals surface area contributed by atoms with Gasteiger partial charge >= 0.3 is 18.3 Å². The summed E-state index contributed by atoms with van der Waals surface area (Å²) in [5.41, 5.74) is -6.54. The Kier molecular flexibility index (Phi) is 4.65. The maximum Gasteiger partial charge on any atom is 0.417 e. The summed E-state index contributed by atoms with van der Waals surface area (Å²) in [5, 5.41) is 0. The maximum atomic E-state index is 12.9. The van der Waals surface area contributed by atoms with Crippen molar-refractivity contribution < 1.29 is 40.7 Å². The highest BCUT2D eigenvalue weighted by atomic mass is 19.4. The first kappa shape index (κ1) is 17.0. The molecule has 0 atom stereocenters. The fraction of sp³-hybridized carbons (Fsp3) is 0.333. The second-order valence-electron chi connectivity index (χ2n) is 3.79. The van der Waals surface area contributed by atoms with Crippen molar-refractivity contribution in [2.45, 2.75) is 19.3 Å². The molecule has 0 aliphatic rings. The van der Waals surface area contributed by atoms with Crippen molar-refractivity contribution in [2.24, 2.45) is 0 Å². The smallest absolute Gasteiger partial charge is 0.417 e. The summed E-state index contributed by atoms with van der Waals surface area (Å²) < 4.78 is 81.4. The molecular weight excluding hydrogens is 306 g/mol. The molecule has 0 aromatic heterocycles. The number of hydrogen-bond acceptors (Lipinski definition) is 3. The molecule has 1 aromatic carbocycles. The minimum atomic E-state index is -5.32. The predicted molar refractivity (Wildman–Crippen MR) is 57.8 cm³/mol. The molecule has 1 aromatic rings. The van der Waals surface area contributed by atoms with Crippen LogP contribution in [0, 0.1) is 0 Å². The second-order valence-corrected chi connectivity index (χ2v) is 3.79. The van der Waals surface area contributed by atoms with Crippen LogP contribution in [-0.4, -0.2) is 18.9 Å². The second kappa shape index (κ2) is 5.74. The fourth-order valence-electron chi connectivity index (χ4n) is 1.67. The lowest BCUT2D eigenvalue weighted by Gasteiger charge is -2.19. The Labute approximate surface area is 114 Å². The minimum absolute atomic E-state index is 0.241. The van der Waals surface area contributed by atoms with Crippen molar-refractivity contribution in [3.8, 4) is 0 Å². The van der Waals surface area contributed by atoms with Gasteiger partial charge in [-0.25, -0.2) is 4.79 Å². The molecule has 1 rings (SSSR count). The van der Waals surface area contributed by atoms with Crippen LogP contribution in [0.5, 0.6) is 0 Å². The Bertz CT molecular complexity index is 559. The molecule has 0 heterocycles. The third-order valence-corrected chi connectivity index (χ3v) is 2.43. The standard InChI is InChI=1S/C12H8F6O3/c1-2-21-10(20)8-7(11(13,14)15)4-3-6(5-19)9(8)12(16,17)18/h3-5H,2H2,1H3. The van der Waals surface area contributed by atoms with Crippen LogP contribution in [0.4, 0.5) is 26.3 Å². The quantitative estimate of drug-likeness (QED) is 0.485. The Morgan fingerprint density at radius 1 is 1.14 bits per heavy atom. The van der Waals surface area contributed by atoms with E-state index in [4.69, 9.17) is 0 Å². The van der Waals surface area contributed by atoms with Gasteiger partial charge in [0.05, 0.1) is 23.3 Å². The van der Waals surface area contributed by atoms with Gasteiger partial charge in [-0.05, 0) is 13.0 Å². The van der Waals surface area contributed by atoms with E-state index in [9.17, 15) is 35.9 Å². The van der Waals surface area contributed by atoms with Gasteiger partial charge in [0, 0.05) is 5.56 Å². The van der Waals surface area contributed by atoms with E-state index in [1.807, 2.05) is 0 Å². The summed E-state index contributed by atoms with van der Waals surface area (Å²) in [7, 11) is 0. The third-order valence-electron chi connectivity index (χ3n) is 2.43. The summed E-state index contributed by atoms with van der Waals surface area (Å²) in [6.07, 6.45) is -10.8. The number of halogens is 6. The lowest BCUT2D eigenvalue weighted by atomic mass is 9.95. The van der Waals surface area contributed by atoms with Crippen LogP contribution in [-0.2, 0) is 17.1 Å². The molecule has 116 valence electrons. The summed E-state index contributed by atoms with van der Waals surface area (Å²) in [5.74, 6) is -1.79. The van der Waals surface area contributed by atoms with E-state index >= 15 is 0 Å². The van der Waals surface area contributed by atoms with Gasteiger partial charge in [0.15, 0.2) is 6.29 Å². The van der Waals surface area contributed by atoms with Crippen LogP contribution >= 0.6 is 0 Å². The molecule has 0 N–H and O–H groups in total. The first-order chi connectivity index (χ1) is 9.54.